The number of halogens is 3. The third kappa shape index (κ3) is 4.82. The van der Waals surface area contributed by atoms with Crippen LogP contribution in [0.25, 0.3) is 22.6 Å². The summed E-state index contributed by atoms with van der Waals surface area (Å²) in [6.07, 6.45) is -4.73. The summed E-state index contributed by atoms with van der Waals surface area (Å²) < 4.78 is 42.7. The molecule has 0 radical (unpaired) electrons. The third-order valence-electron chi connectivity index (χ3n) is 5.85. The van der Waals surface area contributed by atoms with Crippen molar-refractivity contribution in [1.29, 1.82) is 0 Å². The molecule has 0 spiro atoms. The standard InChI is InChI=1S/C24H20F3N5O2S/c1-31-10-11-32(13-19(31)21-28-18(14-35-21)15-6-3-2-4-7-15)22(33)17-9-5-8-16(12-17)20-29-23(34-30-20)24(25,26)27/h2-9,12,14,19H,10-11,13H2,1H3. The fourth-order valence-electron chi connectivity index (χ4n) is 3.94. The van der Waals surface area contributed by atoms with Gasteiger partial charge >= 0.3 is 12.1 Å². The number of thiazole rings is 1. The lowest BCUT2D eigenvalue weighted by molar-refractivity contribution is -0.159. The van der Waals surface area contributed by atoms with Crippen LogP contribution in [0.1, 0.15) is 27.3 Å². The Labute approximate surface area is 202 Å². The minimum Gasteiger partial charge on any atom is -0.335 e. The van der Waals surface area contributed by atoms with E-state index in [-0.39, 0.29) is 23.3 Å². The lowest BCUT2D eigenvalue weighted by Crippen LogP contribution is -2.49. The van der Waals surface area contributed by atoms with E-state index in [9.17, 15) is 18.0 Å². The fourth-order valence-corrected chi connectivity index (χ4v) is 4.92. The molecule has 1 aliphatic heterocycles. The minimum absolute atomic E-state index is 0.0649. The van der Waals surface area contributed by atoms with Crippen LogP contribution in [0.15, 0.2) is 64.5 Å². The van der Waals surface area contributed by atoms with Gasteiger partial charge < -0.3 is 9.42 Å². The van der Waals surface area contributed by atoms with Gasteiger partial charge in [-0.2, -0.15) is 18.2 Å². The van der Waals surface area contributed by atoms with Gasteiger partial charge in [-0.05, 0) is 19.2 Å². The summed E-state index contributed by atoms with van der Waals surface area (Å²) in [5.41, 5.74) is 2.54. The number of benzene rings is 2. The Kier molecular flexibility index (Phi) is 6.12. The Morgan fingerprint density at radius 3 is 2.57 bits per heavy atom. The van der Waals surface area contributed by atoms with Crippen molar-refractivity contribution in [2.45, 2.75) is 12.2 Å². The maximum absolute atomic E-state index is 13.3. The summed E-state index contributed by atoms with van der Waals surface area (Å²) >= 11 is 1.56. The molecule has 5 rings (SSSR count). The number of rotatable bonds is 4. The summed E-state index contributed by atoms with van der Waals surface area (Å²) in [7, 11) is 2.01. The average molecular weight is 500 g/mol. The monoisotopic (exact) mass is 499 g/mol. The van der Waals surface area contributed by atoms with Crippen molar-refractivity contribution < 1.29 is 22.5 Å². The topological polar surface area (TPSA) is 75.4 Å². The van der Waals surface area contributed by atoms with Crippen molar-refractivity contribution in [2.24, 2.45) is 0 Å². The Morgan fingerprint density at radius 1 is 1.06 bits per heavy atom. The molecule has 1 fully saturated rings. The van der Waals surface area contributed by atoms with Crippen LogP contribution in [-0.4, -0.2) is 57.5 Å². The molecule has 2 aromatic heterocycles. The summed E-state index contributed by atoms with van der Waals surface area (Å²) in [5.74, 6) is -1.87. The number of nitrogens with zero attached hydrogens (tertiary/aromatic N) is 5. The van der Waals surface area contributed by atoms with E-state index in [4.69, 9.17) is 4.98 Å². The van der Waals surface area contributed by atoms with Gasteiger partial charge in [-0.3, -0.25) is 9.69 Å². The van der Waals surface area contributed by atoms with Crippen LogP contribution in [-0.2, 0) is 6.18 Å². The molecule has 0 bridgehead atoms. The van der Waals surface area contributed by atoms with Crippen LogP contribution in [0.5, 0.6) is 0 Å². The molecule has 35 heavy (non-hydrogen) atoms. The summed E-state index contributed by atoms with van der Waals surface area (Å²) in [4.78, 5) is 25.4. The largest absolute Gasteiger partial charge is 0.471 e. The van der Waals surface area contributed by atoms with E-state index < -0.39 is 12.1 Å². The number of piperazine rings is 1. The quantitative estimate of drug-likeness (QED) is 0.393. The zero-order chi connectivity index (χ0) is 24.6. The van der Waals surface area contributed by atoms with Crippen LogP contribution in [0.2, 0.25) is 0 Å². The van der Waals surface area contributed by atoms with Crippen molar-refractivity contribution in [3.8, 4) is 22.6 Å². The number of alkyl halides is 3. The highest BCUT2D eigenvalue weighted by Crippen LogP contribution is 2.32. The summed E-state index contributed by atoms with van der Waals surface area (Å²) in [5, 5.41) is 6.35. The van der Waals surface area contributed by atoms with Gasteiger partial charge in [0, 0.05) is 41.7 Å². The molecule has 7 nitrogen and oxygen atoms in total. The van der Waals surface area contributed by atoms with Gasteiger partial charge in [-0.1, -0.05) is 47.6 Å². The molecule has 4 aromatic rings. The maximum atomic E-state index is 13.3. The number of aromatic nitrogens is 3. The zero-order valence-electron chi connectivity index (χ0n) is 18.6. The molecule has 1 amide bonds. The third-order valence-corrected chi connectivity index (χ3v) is 6.79. The van der Waals surface area contributed by atoms with E-state index >= 15 is 0 Å². The second kappa shape index (κ2) is 9.23. The van der Waals surface area contributed by atoms with Crippen LogP contribution >= 0.6 is 11.3 Å². The second-order valence-corrected chi connectivity index (χ2v) is 9.08. The highest BCUT2D eigenvalue weighted by Gasteiger charge is 2.38. The van der Waals surface area contributed by atoms with Crippen LogP contribution < -0.4 is 0 Å². The van der Waals surface area contributed by atoms with Crippen LogP contribution in [0.4, 0.5) is 13.2 Å². The Hall–Kier alpha value is -3.57. The van der Waals surface area contributed by atoms with E-state index in [0.29, 0.717) is 25.2 Å². The van der Waals surface area contributed by atoms with Crippen LogP contribution in [0.3, 0.4) is 0 Å². The number of hydrogen-bond acceptors (Lipinski definition) is 7. The molecule has 1 saturated heterocycles. The van der Waals surface area contributed by atoms with Gasteiger partial charge in [-0.15, -0.1) is 11.3 Å². The van der Waals surface area contributed by atoms with E-state index in [1.165, 1.54) is 12.1 Å². The first-order valence-corrected chi connectivity index (χ1v) is 11.7. The number of carbonyl (C=O) groups excluding carboxylic acids is 1. The van der Waals surface area contributed by atoms with Crippen LogP contribution in [0, 0.1) is 0 Å². The smallest absolute Gasteiger partial charge is 0.335 e. The van der Waals surface area contributed by atoms with Crippen molar-refractivity contribution >= 4 is 17.2 Å². The van der Waals surface area contributed by atoms with Gasteiger partial charge in [0.05, 0.1) is 11.7 Å². The van der Waals surface area contributed by atoms with Gasteiger partial charge in [0.15, 0.2) is 0 Å². The average Bonchev–Trinajstić information content (AvgIpc) is 3.55. The van der Waals surface area contributed by atoms with Gasteiger partial charge in [-0.25, -0.2) is 4.98 Å². The maximum Gasteiger partial charge on any atom is 0.471 e. The normalized spacial score (nSPS) is 17.0. The van der Waals surface area contributed by atoms with Crippen molar-refractivity contribution in [2.75, 3.05) is 26.7 Å². The minimum atomic E-state index is -4.73. The molecule has 0 N–H and O–H groups in total. The highest BCUT2D eigenvalue weighted by atomic mass is 32.1. The van der Waals surface area contributed by atoms with Crippen molar-refractivity contribution in [1.82, 2.24) is 24.9 Å². The predicted octanol–water partition coefficient (Wildman–Crippen LogP) is 5.01. The molecule has 0 saturated carbocycles. The predicted molar refractivity (Wildman–Crippen MR) is 124 cm³/mol. The molecular formula is C24H20F3N5O2S. The lowest BCUT2D eigenvalue weighted by Gasteiger charge is -2.38. The first-order valence-electron chi connectivity index (χ1n) is 10.8. The number of hydrogen-bond donors (Lipinski definition) is 0. The zero-order valence-corrected chi connectivity index (χ0v) is 19.4. The molecule has 1 atom stereocenters. The van der Waals surface area contributed by atoms with Crippen molar-refractivity contribution in [3.05, 3.63) is 76.4 Å². The van der Waals surface area contributed by atoms with Gasteiger partial charge in [0.25, 0.3) is 5.91 Å². The molecular weight excluding hydrogens is 479 g/mol. The molecule has 0 aliphatic carbocycles. The summed E-state index contributed by atoms with van der Waals surface area (Å²) in [6, 6.07) is 16.1. The first-order chi connectivity index (χ1) is 16.8. The molecule has 180 valence electrons. The van der Waals surface area contributed by atoms with E-state index in [1.807, 2.05) is 42.8 Å². The Balaban J connectivity index is 1.34. The Morgan fingerprint density at radius 2 is 1.83 bits per heavy atom. The van der Waals surface area contributed by atoms with Gasteiger partial charge in [0.2, 0.25) is 5.82 Å². The molecule has 1 unspecified atom stereocenters. The summed E-state index contributed by atoms with van der Waals surface area (Å²) in [6.45, 7) is 1.63. The molecule has 11 heteroatoms. The van der Waals surface area contributed by atoms with E-state index in [2.05, 4.69) is 19.6 Å². The fraction of sp³-hybridized carbons (Fsp3) is 0.250. The molecule has 1 aliphatic rings. The first kappa shape index (κ1) is 23.2. The highest BCUT2D eigenvalue weighted by molar-refractivity contribution is 7.10. The van der Waals surface area contributed by atoms with E-state index in [1.54, 1.807) is 28.4 Å². The second-order valence-electron chi connectivity index (χ2n) is 8.19. The number of amides is 1. The molecule has 3 heterocycles. The van der Waals surface area contributed by atoms with Gasteiger partial charge in [0.1, 0.15) is 5.01 Å². The Bertz CT molecular complexity index is 1340. The number of carbonyl (C=O) groups is 1. The van der Waals surface area contributed by atoms with Crippen molar-refractivity contribution in [3.63, 3.8) is 0 Å². The number of likely N-dealkylation sites (N-methyl/N-ethyl adjacent to an activating group) is 1. The molecule has 2 aromatic carbocycles. The lowest BCUT2D eigenvalue weighted by atomic mass is 10.1. The van der Waals surface area contributed by atoms with E-state index in [0.717, 1.165) is 16.3 Å². The SMILES string of the molecule is CN1CCN(C(=O)c2cccc(-c3noc(C(F)(F)F)n3)c2)CC1c1nc(-c2ccccc2)cs1.